The first kappa shape index (κ1) is 24.4. The summed E-state index contributed by atoms with van der Waals surface area (Å²) in [5, 5.41) is 6.22. The van der Waals surface area contributed by atoms with Crippen molar-refractivity contribution < 1.29 is 22.8 Å². The van der Waals surface area contributed by atoms with Crippen LogP contribution in [0.1, 0.15) is 19.4 Å². The van der Waals surface area contributed by atoms with Gasteiger partial charge in [0.25, 0.3) is 5.91 Å². The minimum absolute atomic E-state index is 0.119. The van der Waals surface area contributed by atoms with Crippen LogP contribution in [0.25, 0.3) is 10.9 Å². The molecule has 184 valence electrons. The molecule has 2 aromatic carbocycles. The fourth-order valence-corrected chi connectivity index (χ4v) is 5.61. The van der Waals surface area contributed by atoms with Gasteiger partial charge in [0, 0.05) is 42.3 Å². The van der Waals surface area contributed by atoms with E-state index >= 15 is 0 Å². The summed E-state index contributed by atoms with van der Waals surface area (Å²) < 4.78 is 26.5. The number of hydrogen-bond donors (Lipinski definition) is 3. The standard InChI is InChI=1S/C24H27N5O5S/c1-3-28(4-2)35(33,34)18-11-9-17(10-12-18)26-22(30)15-29-23(31)21(27-24(29)32)13-16-14-25-20-8-6-5-7-19(16)20/h5-12,14,21,25H,3-4,13,15H2,1-2H3,(H,26,30)(H,27,32). The van der Waals surface area contributed by atoms with E-state index in [-0.39, 0.29) is 4.90 Å². The predicted molar refractivity (Wildman–Crippen MR) is 131 cm³/mol. The summed E-state index contributed by atoms with van der Waals surface area (Å²) in [4.78, 5) is 41.9. The number of nitrogens with zero attached hydrogens (tertiary/aromatic N) is 2. The molecular formula is C24H27N5O5S. The van der Waals surface area contributed by atoms with Crippen molar-refractivity contribution in [2.24, 2.45) is 0 Å². The summed E-state index contributed by atoms with van der Waals surface area (Å²) >= 11 is 0. The van der Waals surface area contributed by atoms with Gasteiger partial charge in [0.05, 0.1) is 4.90 Å². The lowest BCUT2D eigenvalue weighted by Crippen LogP contribution is -2.38. The number of benzene rings is 2. The third-order valence-corrected chi connectivity index (χ3v) is 8.05. The fourth-order valence-electron chi connectivity index (χ4n) is 4.15. The monoisotopic (exact) mass is 497 g/mol. The molecule has 1 aliphatic rings. The highest BCUT2D eigenvalue weighted by molar-refractivity contribution is 7.89. The van der Waals surface area contributed by atoms with Crippen molar-refractivity contribution in [2.75, 3.05) is 25.0 Å². The van der Waals surface area contributed by atoms with Gasteiger partial charge < -0.3 is 15.6 Å². The van der Waals surface area contributed by atoms with Gasteiger partial charge in [-0.3, -0.25) is 14.5 Å². The summed E-state index contributed by atoms with van der Waals surface area (Å²) in [5.74, 6) is -1.04. The normalized spacial score (nSPS) is 16.2. The van der Waals surface area contributed by atoms with Crippen molar-refractivity contribution in [1.82, 2.24) is 19.5 Å². The molecule has 2 heterocycles. The van der Waals surface area contributed by atoms with Crippen LogP contribution in [0.15, 0.2) is 59.6 Å². The quantitative estimate of drug-likeness (QED) is 0.391. The summed E-state index contributed by atoms with van der Waals surface area (Å²) in [6.07, 6.45) is 2.11. The molecule has 11 heteroatoms. The third-order valence-electron chi connectivity index (χ3n) is 5.99. The summed E-state index contributed by atoms with van der Waals surface area (Å²) in [6.45, 7) is 3.77. The lowest BCUT2D eigenvalue weighted by molar-refractivity contribution is -0.130. The summed E-state index contributed by atoms with van der Waals surface area (Å²) in [6, 6.07) is 12.0. The van der Waals surface area contributed by atoms with Gasteiger partial charge in [-0.25, -0.2) is 13.2 Å². The number of hydrogen-bond acceptors (Lipinski definition) is 5. The predicted octanol–water partition coefficient (Wildman–Crippen LogP) is 2.30. The van der Waals surface area contributed by atoms with Gasteiger partial charge >= 0.3 is 6.03 Å². The van der Waals surface area contributed by atoms with Crippen LogP contribution in [0.3, 0.4) is 0 Å². The topological polar surface area (TPSA) is 132 Å². The number of aromatic amines is 1. The number of fused-ring (bicyclic) bond motifs is 1. The first-order chi connectivity index (χ1) is 16.7. The number of rotatable bonds is 9. The molecule has 3 N–H and O–H groups in total. The number of nitrogens with one attached hydrogen (secondary N) is 3. The van der Waals surface area contributed by atoms with Crippen molar-refractivity contribution in [1.29, 1.82) is 0 Å². The molecule has 1 aliphatic heterocycles. The van der Waals surface area contributed by atoms with Crippen LogP contribution >= 0.6 is 0 Å². The van der Waals surface area contributed by atoms with Crippen LogP contribution in [-0.2, 0) is 26.0 Å². The van der Waals surface area contributed by atoms with Crippen LogP contribution in [0, 0.1) is 0 Å². The molecule has 4 amide bonds. The van der Waals surface area contributed by atoms with E-state index in [0.717, 1.165) is 21.4 Å². The van der Waals surface area contributed by atoms with Gasteiger partial charge in [0.2, 0.25) is 15.9 Å². The molecule has 10 nitrogen and oxygen atoms in total. The lowest BCUT2D eigenvalue weighted by Gasteiger charge is -2.18. The number of imide groups is 1. The zero-order chi connectivity index (χ0) is 25.2. The fraction of sp³-hybridized carbons (Fsp3) is 0.292. The summed E-state index contributed by atoms with van der Waals surface area (Å²) in [5.41, 5.74) is 2.19. The van der Waals surface area contributed by atoms with Crippen molar-refractivity contribution in [2.45, 2.75) is 31.2 Å². The highest BCUT2D eigenvalue weighted by atomic mass is 32.2. The van der Waals surface area contributed by atoms with Crippen molar-refractivity contribution in [3.05, 3.63) is 60.3 Å². The molecule has 0 saturated carbocycles. The number of sulfonamides is 1. The minimum atomic E-state index is -3.61. The Balaban J connectivity index is 1.38. The highest BCUT2D eigenvalue weighted by Gasteiger charge is 2.39. The van der Waals surface area contributed by atoms with Crippen LogP contribution < -0.4 is 10.6 Å². The van der Waals surface area contributed by atoms with Crippen molar-refractivity contribution in [3.8, 4) is 0 Å². The second-order valence-corrected chi connectivity index (χ2v) is 10.1. The Morgan fingerprint density at radius 3 is 2.43 bits per heavy atom. The SMILES string of the molecule is CCN(CC)S(=O)(=O)c1ccc(NC(=O)CN2C(=O)NC(Cc3c[nH]c4ccccc34)C2=O)cc1. The van der Waals surface area contributed by atoms with Gasteiger partial charge in [0.1, 0.15) is 12.6 Å². The number of para-hydroxylation sites is 1. The number of H-pyrrole nitrogens is 1. The molecule has 1 atom stereocenters. The van der Waals surface area contributed by atoms with E-state index in [1.165, 1.54) is 28.6 Å². The molecule has 3 aromatic rings. The second-order valence-electron chi connectivity index (χ2n) is 8.15. The van der Waals surface area contributed by atoms with Crippen molar-refractivity contribution >= 4 is 44.5 Å². The highest BCUT2D eigenvalue weighted by Crippen LogP contribution is 2.22. The Morgan fingerprint density at radius 1 is 1.06 bits per heavy atom. The Labute approximate surface area is 203 Å². The minimum Gasteiger partial charge on any atom is -0.361 e. The van der Waals surface area contributed by atoms with E-state index in [4.69, 9.17) is 0 Å². The molecular weight excluding hydrogens is 470 g/mol. The van der Waals surface area contributed by atoms with Gasteiger partial charge in [-0.05, 0) is 35.9 Å². The smallest absolute Gasteiger partial charge is 0.325 e. The van der Waals surface area contributed by atoms with E-state index in [9.17, 15) is 22.8 Å². The lowest BCUT2D eigenvalue weighted by atomic mass is 10.1. The summed E-state index contributed by atoms with van der Waals surface area (Å²) in [7, 11) is -3.61. The second kappa shape index (κ2) is 9.88. The zero-order valence-corrected chi connectivity index (χ0v) is 20.3. The van der Waals surface area contributed by atoms with E-state index in [1.807, 2.05) is 30.5 Å². The van der Waals surface area contributed by atoms with Crippen LogP contribution in [0.5, 0.6) is 0 Å². The maximum atomic E-state index is 12.8. The molecule has 1 saturated heterocycles. The molecule has 0 bridgehead atoms. The molecule has 0 spiro atoms. The van der Waals surface area contributed by atoms with E-state index in [2.05, 4.69) is 15.6 Å². The zero-order valence-electron chi connectivity index (χ0n) is 19.4. The Hall–Kier alpha value is -3.70. The number of aromatic nitrogens is 1. The molecule has 1 unspecified atom stereocenters. The maximum Gasteiger partial charge on any atom is 0.325 e. The number of carbonyl (C=O) groups is 3. The van der Waals surface area contributed by atoms with Crippen LogP contribution in [-0.4, -0.2) is 66.1 Å². The van der Waals surface area contributed by atoms with Crippen LogP contribution in [0.2, 0.25) is 0 Å². The molecule has 0 radical (unpaired) electrons. The number of anilines is 1. The maximum absolute atomic E-state index is 12.8. The van der Waals surface area contributed by atoms with Gasteiger partial charge in [-0.2, -0.15) is 4.31 Å². The molecule has 1 fully saturated rings. The van der Waals surface area contributed by atoms with Gasteiger partial charge in [-0.15, -0.1) is 0 Å². The van der Waals surface area contributed by atoms with Gasteiger partial charge in [-0.1, -0.05) is 32.0 Å². The van der Waals surface area contributed by atoms with E-state index in [1.54, 1.807) is 13.8 Å². The average molecular weight is 498 g/mol. The number of amides is 4. The van der Waals surface area contributed by atoms with Gasteiger partial charge in [0.15, 0.2) is 0 Å². The van der Waals surface area contributed by atoms with Crippen LogP contribution in [0.4, 0.5) is 10.5 Å². The molecule has 4 rings (SSSR count). The Kier molecular flexibility index (Phi) is 6.90. The molecule has 0 aliphatic carbocycles. The number of urea groups is 1. The van der Waals surface area contributed by atoms with E-state index < -0.39 is 40.5 Å². The average Bonchev–Trinajstić information content (AvgIpc) is 3.36. The first-order valence-corrected chi connectivity index (χ1v) is 12.8. The third kappa shape index (κ3) is 4.91. The molecule has 35 heavy (non-hydrogen) atoms. The van der Waals surface area contributed by atoms with Crippen molar-refractivity contribution in [3.63, 3.8) is 0 Å². The first-order valence-electron chi connectivity index (χ1n) is 11.3. The Bertz CT molecular complexity index is 1360. The van der Waals surface area contributed by atoms with E-state index in [0.29, 0.717) is 25.2 Å². The largest absolute Gasteiger partial charge is 0.361 e. The Morgan fingerprint density at radius 2 is 1.74 bits per heavy atom. The number of carbonyl (C=O) groups excluding carboxylic acids is 3. The molecule has 1 aromatic heterocycles.